The van der Waals surface area contributed by atoms with Gasteiger partial charge in [0.15, 0.2) is 23.6 Å². The van der Waals surface area contributed by atoms with E-state index in [9.17, 15) is 24.8 Å². The van der Waals surface area contributed by atoms with Gasteiger partial charge in [-0.05, 0) is 24.1 Å². The van der Waals surface area contributed by atoms with E-state index >= 15 is 0 Å². The molecule has 11 nitrogen and oxygen atoms in total. The molecule has 0 fully saturated rings. The number of aliphatic carboxylic acids is 1. The van der Waals surface area contributed by atoms with Crippen molar-refractivity contribution in [1.82, 2.24) is 9.88 Å². The van der Waals surface area contributed by atoms with Gasteiger partial charge in [-0.15, -0.1) is 0 Å². The topological polar surface area (TPSA) is 144 Å². The zero-order chi connectivity index (χ0) is 24.3. The number of carbonyl (C=O) groups is 2. The van der Waals surface area contributed by atoms with E-state index in [2.05, 4.69) is 26.2 Å². The fourth-order valence-corrected chi connectivity index (χ4v) is 3.99. The molecule has 0 radical (unpaired) electrons. The Kier molecular flexibility index (Phi) is 7.36. The Bertz CT molecular complexity index is 1060. The minimum Gasteiger partial charge on any atom is -0.493 e. The molecule has 1 aliphatic rings. The van der Waals surface area contributed by atoms with Gasteiger partial charge in [0, 0.05) is 29.2 Å². The lowest BCUT2D eigenvalue weighted by molar-refractivity contribution is -0.385. The number of ether oxygens (including phenoxy) is 2. The Hall–Kier alpha value is -3.41. The highest BCUT2D eigenvalue weighted by molar-refractivity contribution is 9.10. The van der Waals surface area contributed by atoms with Crippen LogP contribution in [0.4, 0.5) is 11.5 Å². The Morgan fingerprint density at radius 3 is 2.70 bits per heavy atom. The smallest absolute Gasteiger partial charge is 0.331 e. The van der Waals surface area contributed by atoms with Crippen molar-refractivity contribution in [3.63, 3.8) is 0 Å². The van der Waals surface area contributed by atoms with Crippen molar-refractivity contribution in [1.29, 1.82) is 0 Å². The van der Waals surface area contributed by atoms with Crippen molar-refractivity contribution in [2.24, 2.45) is 5.92 Å². The van der Waals surface area contributed by atoms with E-state index in [1.54, 1.807) is 12.1 Å². The van der Waals surface area contributed by atoms with Gasteiger partial charge >= 0.3 is 5.97 Å². The van der Waals surface area contributed by atoms with Crippen molar-refractivity contribution >= 4 is 39.3 Å². The second-order valence-electron chi connectivity index (χ2n) is 7.67. The van der Waals surface area contributed by atoms with Gasteiger partial charge in [-0.1, -0.05) is 29.8 Å². The molecule has 33 heavy (non-hydrogen) atoms. The van der Waals surface area contributed by atoms with Crippen LogP contribution in [0.2, 0.25) is 0 Å². The molecular weight excluding hydrogens is 500 g/mol. The minimum absolute atomic E-state index is 0.0231. The molecule has 2 aromatic rings. The Morgan fingerprint density at radius 1 is 1.42 bits per heavy atom. The van der Waals surface area contributed by atoms with Crippen LogP contribution in [-0.2, 0) is 9.59 Å². The first-order valence-corrected chi connectivity index (χ1v) is 10.8. The predicted octanol–water partition coefficient (Wildman–Crippen LogP) is 3.24. The lowest BCUT2D eigenvalue weighted by Gasteiger charge is -2.29. The quantitative estimate of drug-likeness (QED) is 0.394. The van der Waals surface area contributed by atoms with Crippen molar-refractivity contribution in [3.8, 4) is 11.5 Å². The molecular formula is C21H23BrN4O7. The maximum Gasteiger partial charge on any atom is 0.331 e. The average Bonchev–Trinajstić information content (AvgIpc) is 2.88. The number of pyridine rings is 1. The third-order valence-corrected chi connectivity index (χ3v) is 5.56. The number of anilines is 1. The summed E-state index contributed by atoms with van der Waals surface area (Å²) in [7, 11) is 1.44. The molecule has 0 saturated heterocycles. The number of amides is 1. The zero-order valence-electron chi connectivity index (χ0n) is 18.1. The summed E-state index contributed by atoms with van der Waals surface area (Å²) >= 11 is 3.36. The summed E-state index contributed by atoms with van der Waals surface area (Å²) in [6, 6.07) is 4.68. The van der Waals surface area contributed by atoms with Crippen molar-refractivity contribution in [2.75, 3.05) is 25.5 Å². The standard InChI is InChI=1S/C21H23BrN4O7/c1-11(2)18-20(27)25(7-6-23-16-5-4-13(10-24-16)26(30)31)17(21(28)29)14-8-12(22)9-15(32-3)19(14)33-18/h4-5,8-11,17-18H,6-7H2,1-3H3,(H,23,24)(H,28,29). The number of rotatable bonds is 8. The number of benzene rings is 1. The highest BCUT2D eigenvalue weighted by Crippen LogP contribution is 2.43. The summed E-state index contributed by atoms with van der Waals surface area (Å²) in [6.45, 7) is 3.80. The molecule has 2 unspecified atom stereocenters. The van der Waals surface area contributed by atoms with Crippen molar-refractivity contribution < 1.29 is 29.1 Å². The van der Waals surface area contributed by atoms with Gasteiger partial charge < -0.3 is 24.8 Å². The number of halogens is 1. The predicted molar refractivity (Wildman–Crippen MR) is 121 cm³/mol. The number of nitrogens with zero attached hydrogens (tertiary/aromatic N) is 3. The molecule has 0 spiro atoms. The number of carboxylic acids is 1. The molecule has 176 valence electrons. The summed E-state index contributed by atoms with van der Waals surface area (Å²) in [5.41, 5.74) is 0.140. The Labute approximate surface area is 198 Å². The van der Waals surface area contributed by atoms with Crippen LogP contribution in [0.5, 0.6) is 11.5 Å². The second-order valence-corrected chi connectivity index (χ2v) is 8.58. The van der Waals surface area contributed by atoms with E-state index in [4.69, 9.17) is 9.47 Å². The van der Waals surface area contributed by atoms with Crippen molar-refractivity contribution in [3.05, 3.63) is 50.6 Å². The fraction of sp³-hybridized carbons (Fsp3) is 0.381. The first-order valence-electron chi connectivity index (χ1n) is 10.1. The summed E-state index contributed by atoms with van der Waals surface area (Å²) in [6.07, 6.45) is 0.197. The van der Waals surface area contributed by atoms with E-state index in [1.165, 1.54) is 24.1 Å². The second kappa shape index (κ2) is 10.0. The number of nitrogens with one attached hydrogen (secondary N) is 1. The normalized spacial score (nSPS) is 17.7. The van der Waals surface area contributed by atoms with Crippen LogP contribution in [0.25, 0.3) is 0 Å². The summed E-state index contributed by atoms with van der Waals surface area (Å²) < 4.78 is 12.0. The molecule has 3 rings (SSSR count). The first-order chi connectivity index (χ1) is 15.6. The number of hydrogen-bond acceptors (Lipinski definition) is 8. The van der Waals surface area contributed by atoms with Crippen LogP contribution < -0.4 is 14.8 Å². The number of methoxy groups -OCH3 is 1. The third kappa shape index (κ3) is 5.16. The maximum atomic E-state index is 13.4. The molecule has 2 N–H and O–H groups in total. The Morgan fingerprint density at radius 2 is 2.15 bits per heavy atom. The highest BCUT2D eigenvalue weighted by Gasteiger charge is 2.43. The Balaban J connectivity index is 1.93. The largest absolute Gasteiger partial charge is 0.493 e. The molecule has 1 amide bonds. The zero-order valence-corrected chi connectivity index (χ0v) is 19.7. The lowest BCUT2D eigenvalue weighted by atomic mass is 10.0. The van der Waals surface area contributed by atoms with Crippen LogP contribution in [-0.4, -0.2) is 58.1 Å². The molecule has 1 aromatic carbocycles. The highest BCUT2D eigenvalue weighted by atomic mass is 79.9. The van der Waals surface area contributed by atoms with Crippen LogP contribution in [0.15, 0.2) is 34.9 Å². The van der Waals surface area contributed by atoms with E-state index in [-0.39, 0.29) is 30.4 Å². The molecule has 0 bridgehead atoms. The van der Waals surface area contributed by atoms with Crippen LogP contribution in [0.1, 0.15) is 25.5 Å². The molecule has 0 saturated carbocycles. The molecule has 2 atom stereocenters. The number of carboxylic acid groups (broad SMARTS) is 1. The van der Waals surface area contributed by atoms with E-state index in [0.717, 1.165) is 6.20 Å². The van der Waals surface area contributed by atoms with Gasteiger partial charge in [0.05, 0.1) is 12.0 Å². The summed E-state index contributed by atoms with van der Waals surface area (Å²) in [4.78, 5) is 41.2. The lowest BCUT2D eigenvalue weighted by Crippen LogP contribution is -2.47. The van der Waals surface area contributed by atoms with E-state index < -0.39 is 28.9 Å². The molecule has 2 heterocycles. The summed E-state index contributed by atoms with van der Waals surface area (Å²) in [5, 5.41) is 23.8. The number of nitro groups is 1. The third-order valence-electron chi connectivity index (χ3n) is 5.10. The number of aromatic nitrogens is 1. The summed E-state index contributed by atoms with van der Waals surface area (Å²) in [5.74, 6) is -1.03. The van der Waals surface area contributed by atoms with Crippen LogP contribution >= 0.6 is 15.9 Å². The molecule has 12 heteroatoms. The maximum absolute atomic E-state index is 13.4. The van der Waals surface area contributed by atoms with Gasteiger partial charge in [0.1, 0.15) is 12.0 Å². The van der Waals surface area contributed by atoms with Gasteiger partial charge in [0.25, 0.3) is 11.6 Å². The van der Waals surface area contributed by atoms with Crippen molar-refractivity contribution in [2.45, 2.75) is 26.0 Å². The van der Waals surface area contributed by atoms with E-state index in [0.29, 0.717) is 21.6 Å². The SMILES string of the molecule is COc1cc(Br)cc2c1OC(C(C)C)C(=O)N(CCNc1ccc([N+](=O)[O-])cn1)C2C(=O)O. The van der Waals surface area contributed by atoms with E-state index in [1.807, 2.05) is 13.8 Å². The van der Waals surface area contributed by atoms with Crippen LogP contribution in [0.3, 0.4) is 0 Å². The fourth-order valence-electron chi connectivity index (χ4n) is 3.54. The first kappa shape index (κ1) is 24.2. The van der Waals surface area contributed by atoms with Gasteiger partial charge in [-0.3, -0.25) is 14.9 Å². The molecule has 1 aromatic heterocycles. The molecule has 1 aliphatic heterocycles. The number of hydrogen-bond donors (Lipinski definition) is 2. The number of fused-ring (bicyclic) bond motifs is 1. The van der Waals surface area contributed by atoms with Gasteiger partial charge in [0.2, 0.25) is 0 Å². The monoisotopic (exact) mass is 522 g/mol. The minimum atomic E-state index is -1.31. The van der Waals surface area contributed by atoms with Gasteiger partial charge in [-0.25, -0.2) is 9.78 Å². The average molecular weight is 523 g/mol. The van der Waals surface area contributed by atoms with Gasteiger partial charge in [-0.2, -0.15) is 0 Å². The van der Waals surface area contributed by atoms with Crippen LogP contribution in [0, 0.1) is 16.0 Å². The number of carbonyl (C=O) groups excluding carboxylic acids is 1. The molecule has 0 aliphatic carbocycles.